The molecule has 0 rings (SSSR count). The highest BCUT2D eigenvalue weighted by molar-refractivity contribution is 5.82. The third kappa shape index (κ3) is 3.14. The van der Waals surface area contributed by atoms with Gasteiger partial charge in [0, 0.05) is 25.0 Å². The van der Waals surface area contributed by atoms with Gasteiger partial charge < -0.3 is 10.7 Å². The minimum atomic E-state index is 0.745. The zero-order valence-electron chi connectivity index (χ0n) is 7.59. The molecule has 0 heterocycles. The molecular formula is C9H15N3. The first-order valence-corrected chi connectivity index (χ1v) is 3.85. The lowest BCUT2D eigenvalue weighted by atomic mass is 10.2. The lowest BCUT2D eigenvalue weighted by Gasteiger charge is -2.00. The van der Waals surface area contributed by atoms with E-state index >= 15 is 0 Å². The molecule has 0 radical (unpaired) electrons. The van der Waals surface area contributed by atoms with E-state index in [0.717, 1.165) is 17.7 Å². The Labute approximate surface area is 73.4 Å². The van der Waals surface area contributed by atoms with Crippen molar-refractivity contribution in [3.05, 3.63) is 23.5 Å². The van der Waals surface area contributed by atoms with Crippen LogP contribution in [0.4, 0.5) is 0 Å². The zero-order valence-corrected chi connectivity index (χ0v) is 7.59. The Morgan fingerprint density at radius 3 is 2.67 bits per heavy atom. The van der Waals surface area contributed by atoms with Crippen molar-refractivity contribution in [3.8, 4) is 0 Å². The van der Waals surface area contributed by atoms with Gasteiger partial charge >= 0.3 is 0 Å². The van der Waals surface area contributed by atoms with Gasteiger partial charge in [0.25, 0.3) is 0 Å². The summed E-state index contributed by atoms with van der Waals surface area (Å²) in [6.07, 6.45) is 5.81. The molecule has 0 amide bonds. The molecule has 0 aliphatic rings. The number of nitrogens with one attached hydrogen (secondary N) is 2. The Hall–Kier alpha value is -1.38. The normalized spacial score (nSPS) is 12.5. The van der Waals surface area contributed by atoms with Crippen LogP contribution in [0.1, 0.15) is 13.3 Å². The Morgan fingerprint density at radius 1 is 1.67 bits per heavy atom. The molecule has 3 nitrogen and oxygen atoms in total. The Morgan fingerprint density at radius 2 is 2.33 bits per heavy atom. The van der Waals surface area contributed by atoms with Crippen LogP contribution >= 0.6 is 0 Å². The van der Waals surface area contributed by atoms with Gasteiger partial charge in [-0.2, -0.15) is 0 Å². The van der Waals surface area contributed by atoms with Crippen molar-refractivity contribution in [3.63, 3.8) is 0 Å². The first kappa shape index (κ1) is 10.6. The largest absolute Gasteiger partial charge is 0.393 e. The maximum Gasteiger partial charge on any atom is 0.0684 e. The van der Waals surface area contributed by atoms with Gasteiger partial charge in [0.2, 0.25) is 0 Å². The van der Waals surface area contributed by atoms with Gasteiger partial charge in [-0.05, 0) is 13.1 Å². The van der Waals surface area contributed by atoms with Crippen LogP contribution in [0.2, 0.25) is 0 Å². The smallest absolute Gasteiger partial charge is 0.0684 e. The van der Waals surface area contributed by atoms with Gasteiger partial charge in [0.15, 0.2) is 0 Å². The summed E-state index contributed by atoms with van der Waals surface area (Å²) in [5.41, 5.74) is 1.50. The summed E-state index contributed by atoms with van der Waals surface area (Å²) in [5.74, 6) is 0. The molecule has 0 aliphatic heterocycles. The fourth-order valence-corrected chi connectivity index (χ4v) is 0.812. The van der Waals surface area contributed by atoms with E-state index in [4.69, 9.17) is 5.41 Å². The fourth-order valence-electron chi connectivity index (χ4n) is 0.812. The van der Waals surface area contributed by atoms with E-state index < -0.39 is 0 Å². The maximum absolute atomic E-state index is 7.11. The first-order chi connectivity index (χ1) is 5.79. The third-order valence-corrected chi connectivity index (χ3v) is 1.32. The topological polar surface area (TPSA) is 48.2 Å². The lowest BCUT2D eigenvalue weighted by molar-refractivity contribution is 1.08. The standard InChI is InChI=1S/C9H15N3/c1-4-5-9(12-3)8(6-10)7-11-2/h5-7,10-11H,3-4H2,1-2H3/b8-7+,9-5-,10-6?. The van der Waals surface area contributed by atoms with E-state index in [1.165, 1.54) is 6.21 Å². The van der Waals surface area contributed by atoms with Gasteiger partial charge in [-0.15, -0.1) is 0 Å². The summed E-state index contributed by atoms with van der Waals surface area (Å²) in [6, 6.07) is 0. The highest BCUT2D eigenvalue weighted by Crippen LogP contribution is 2.08. The molecule has 0 aromatic carbocycles. The van der Waals surface area contributed by atoms with E-state index in [1.54, 1.807) is 13.2 Å². The molecule has 0 bridgehead atoms. The number of aliphatic imine (C=N–C) groups is 1. The van der Waals surface area contributed by atoms with E-state index in [0.29, 0.717) is 0 Å². The van der Waals surface area contributed by atoms with Gasteiger partial charge in [-0.25, -0.2) is 0 Å². The summed E-state index contributed by atoms with van der Waals surface area (Å²) in [5, 5.41) is 9.96. The van der Waals surface area contributed by atoms with Crippen molar-refractivity contribution in [1.82, 2.24) is 5.32 Å². The van der Waals surface area contributed by atoms with Crippen molar-refractivity contribution in [2.24, 2.45) is 4.99 Å². The van der Waals surface area contributed by atoms with Gasteiger partial charge in [-0.1, -0.05) is 13.0 Å². The lowest BCUT2D eigenvalue weighted by Crippen LogP contribution is -1.98. The minimum Gasteiger partial charge on any atom is -0.393 e. The second-order valence-corrected chi connectivity index (χ2v) is 2.19. The highest BCUT2D eigenvalue weighted by atomic mass is 14.8. The quantitative estimate of drug-likeness (QED) is 0.473. The Bertz CT molecular complexity index is 190. The number of hydrogen-bond acceptors (Lipinski definition) is 3. The number of nitrogens with zero attached hydrogens (tertiary/aromatic N) is 1. The second-order valence-electron chi connectivity index (χ2n) is 2.19. The van der Waals surface area contributed by atoms with E-state index in [-0.39, 0.29) is 0 Å². The molecule has 2 N–H and O–H groups in total. The Balaban J connectivity index is 4.67. The summed E-state index contributed by atoms with van der Waals surface area (Å²) in [6.45, 7) is 5.46. The van der Waals surface area contributed by atoms with Gasteiger partial charge in [-0.3, -0.25) is 4.99 Å². The summed E-state index contributed by atoms with van der Waals surface area (Å²) < 4.78 is 0. The number of allylic oxidation sites excluding steroid dienone is 2. The molecule has 0 aliphatic carbocycles. The van der Waals surface area contributed by atoms with Crippen molar-refractivity contribution in [2.45, 2.75) is 13.3 Å². The fraction of sp³-hybridized carbons (Fsp3) is 0.333. The van der Waals surface area contributed by atoms with Gasteiger partial charge in [0.1, 0.15) is 0 Å². The van der Waals surface area contributed by atoms with E-state index in [9.17, 15) is 0 Å². The molecule has 0 saturated heterocycles. The molecule has 0 aromatic rings. The Kier molecular flexibility index (Phi) is 5.61. The molecule has 3 heteroatoms. The van der Waals surface area contributed by atoms with Crippen LogP contribution in [-0.4, -0.2) is 20.0 Å². The van der Waals surface area contributed by atoms with Crippen LogP contribution in [0.3, 0.4) is 0 Å². The minimum absolute atomic E-state index is 0.745. The van der Waals surface area contributed by atoms with Crippen LogP contribution in [0.15, 0.2) is 28.5 Å². The average molecular weight is 165 g/mol. The molecule has 0 aromatic heterocycles. The molecule has 0 atom stereocenters. The molecule has 66 valence electrons. The molecule has 0 fully saturated rings. The average Bonchev–Trinajstić information content (AvgIpc) is 2.11. The predicted molar refractivity (Wildman–Crippen MR) is 53.8 cm³/mol. The predicted octanol–water partition coefficient (Wildman–Crippen LogP) is 1.73. The van der Waals surface area contributed by atoms with Crippen molar-refractivity contribution >= 4 is 12.9 Å². The van der Waals surface area contributed by atoms with E-state index in [1.807, 2.05) is 13.0 Å². The zero-order chi connectivity index (χ0) is 9.40. The molecule has 0 unspecified atom stereocenters. The second kappa shape index (κ2) is 6.34. The van der Waals surface area contributed by atoms with Gasteiger partial charge in [0.05, 0.1) is 5.70 Å². The van der Waals surface area contributed by atoms with Crippen LogP contribution in [0.25, 0.3) is 0 Å². The molecule has 0 saturated carbocycles. The molecule has 0 spiro atoms. The van der Waals surface area contributed by atoms with Crippen LogP contribution < -0.4 is 5.32 Å². The summed E-state index contributed by atoms with van der Waals surface area (Å²) in [7, 11) is 1.79. The molecular weight excluding hydrogens is 150 g/mol. The summed E-state index contributed by atoms with van der Waals surface area (Å²) >= 11 is 0. The number of rotatable bonds is 5. The van der Waals surface area contributed by atoms with Crippen LogP contribution in [0.5, 0.6) is 0 Å². The van der Waals surface area contributed by atoms with Crippen LogP contribution in [-0.2, 0) is 0 Å². The SMILES string of the molecule is C=NC(=C\CC)/C(C=N)=C/NC. The van der Waals surface area contributed by atoms with Crippen molar-refractivity contribution in [2.75, 3.05) is 7.05 Å². The first-order valence-electron chi connectivity index (χ1n) is 3.85. The highest BCUT2D eigenvalue weighted by Gasteiger charge is 1.96. The maximum atomic E-state index is 7.11. The molecule has 12 heavy (non-hydrogen) atoms. The van der Waals surface area contributed by atoms with E-state index in [2.05, 4.69) is 17.0 Å². The number of hydrogen-bond donors (Lipinski definition) is 2. The third-order valence-electron chi connectivity index (χ3n) is 1.32. The van der Waals surface area contributed by atoms with Crippen molar-refractivity contribution in [1.29, 1.82) is 5.41 Å². The monoisotopic (exact) mass is 165 g/mol. The van der Waals surface area contributed by atoms with Crippen LogP contribution in [0, 0.1) is 5.41 Å². The summed E-state index contributed by atoms with van der Waals surface area (Å²) in [4.78, 5) is 3.82. The van der Waals surface area contributed by atoms with Crippen molar-refractivity contribution < 1.29 is 0 Å².